The molecule has 112 valence electrons. The molecule has 1 atom stereocenters. The number of rotatable bonds is 2. The van der Waals surface area contributed by atoms with Crippen molar-refractivity contribution in [1.29, 1.82) is 0 Å². The number of carboxylic acid groups (broad SMARTS) is 1. The maximum atomic E-state index is 13.1. The Hall–Kier alpha value is -2.24. The van der Waals surface area contributed by atoms with Crippen LogP contribution in [0.2, 0.25) is 0 Å². The fourth-order valence-corrected chi connectivity index (χ4v) is 2.54. The molecule has 0 fully saturated rings. The van der Waals surface area contributed by atoms with Crippen LogP contribution in [0.25, 0.3) is 0 Å². The van der Waals surface area contributed by atoms with Crippen LogP contribution < -0.4 is 5.32 Å². The molecule has 1 unspecified atom stereocenters. The molecule has 1 aromatic rings. The highest BCUT2D eigenvalue weighted by molar-refractivity contribution is 5.90. The Morgan fingerprint density at radius 2 is 1.86 bits per heavy atom. The molecule has 0 spiro atoms. The van der Waals surface area contributed by atoms with E-state index in [1.807, 2.05) is 0 Å². The summed E-state index contributed by atoms with van der Waals surface area (Å²) in [5.74, 6) is -2.16. The summed E-state index contributed by atoms with van der Waals surface area (Å²) in [6.07, 6.45) is -3.03. The summed E-state index contributed by atoms with van der Waals surface area (Å²) in [5, 5.41) is 12.2. The average Bonchev–Trinajstić information content (AvgIpc) is 2.36. The van der Waals surface area contributed by atoms with Crippen molar-refractivity contribution in [2.45, 2.75) is 25.9 Å². The van der Waals surface area contributed by atoms with Gasteiger partial charge in [-0.25, -0.2) is 4.79 Å². The Morgan fingerprint density at radius 3 is 2.43 bits per heavy atom. The number of halogens is 3. The topological polar surface area (TPSA) is 49.3 Å². The van der Waals surface area contributed by atoms with Gasteiger partial charge in [-0.05, 0) is 25.5 Å². The van der Waals surface area contributed by atoms with E-state index in [1.54, 1.807) is 13.8 Å². The summed E-state index contributed by atoms with van der Waals surface area (Å²) >= 11 is 0. The van der Waals surface area contributed by atoms with E-state index in [0.29, 0.717) is 11.4 Å². The van der Waals surface area contributed by atoms with E-state index < -0.39 is 23.6 Å². The number of alkyl halides is 3. The highest BCUT2D eigenvalue weighted by atomic mass is 19.4. The zero-order valence-corrected chi connectivity index (χ0v) is 11.5. The van der Waals surface area contributed by atoms with Gasteiger partial charge in [0.1, 0.15) is 0 Å². The number of dihydropyridines is 1. The number of allylic oxidation sites excluding steroid dienone is 3. The molecule has 0 aliphatic carbocycles. The summed E-state index contributed by atoms with van der Waals surface area (Å²) in [5.41, 5.74) is 0.0383. The van der Waals surface area contributed by atoms with Crippen molar-refractivity contribution in [2.24, 2.45) is 0 Å². The minimum atomic E-state index is -4.53. The second kappa shape index (κ2) is 5.27. The molecule has 0 radical (unpaired) electrons. The van der Waals surface area contributed by atoms with Crippen LogP contribution in [0, 0.1) is 0 Å². The number of hydrogen-bond donors (Lipinski definition) is 2. The van der Waals surface area contributed by atoms with Gasteiger partial charge in [0.15, 0.2) is 0 Å². The molecule has 1 heterocycles. The van der Waals surface area contributed by atoms with Gasteiger partial charge in [0, 0.05) is 17.3 Å². The first-order chi connectivity index (χ1) is 9.71. The molecule has 1 aliphatic heterocycles. The maximum absolute atomic E-state index is 13.1. The minimum absolute atomic E-state index is 0.0531. The third kappa shape index (κ3) is 2.94. The predicted molar refractivity (Wildman–Crippen MR) is 71.4 cm³/mol. The van der Waals surface area contributed by atoms with E-state index in [1.165, 1.54) is 24.3 Å². The van der Waals surface area contributed by atoms with Gasteiger partial charge < -0.3 is 10.4 Å². The van der Waals surface area contributed by atoms with Gasteiger partial charge in [-0.2, -0.15) is 13.2 Å². The molecular formula is C15H14F3NO2. The lowest BCUT2D eigenvalue weighted by Gasteiger charge is -2.26. The highest BCUT2D eigenvalue weighted by Gasteiger charge is 2.37. The van der Waals surface area contributed by atoms with Crippen LogP contribution in [0.3, 0.4) is 0 Å². The number of benzene rings is 1. The zero-order valence-electron chi connectivity index (χ0n) is 11.5. The molecule has 0 aromatic heterocycles. The normalized spacial score (nSPS) is 19.1. The summed E-state index contributed by atoms with van der Waals surface area (Å²) < 4.78 is 39.4. The Morgan fingerprint density at radius 1 is 1.24 bits per heavy atom. The van der Waals surface area contributed by atoms with E-state index in [0.717, 1.165) is 6.07 Å². The van der Waals surface area contributed by atoms with Crippen molar-refractivity contribution in [3.05, 3.63) is 58.4 Å². The van der Waals surface area contributed by atoms with Crippen LogP contribution in [0.4, 0.5) is 13.2 Å². The van der Waals surface area contributed by atoms with Gasteiger partial charge >= 0.3 is 12.1 Å². The van der Waals surface area contributed by atoms with Gasteiger partial charge in [-0.3, -0.25) is 0 Å². The molecule has 6 heteroatoms. The van der Waals surface area contributed by atoms with Gasteiger partial charge in [0.05, 0.1) is 11.1 Å². The molecule has 2 rings (SSSR count). The largest absolute Gasteiger partial charge is 0.478 e. The smallest absolute Gasteiger partial charge is 0.416 e. The Bertz CT molecular complexity index is 645. The number of aliphatic carboxylic acids is 1. The molecule has 0 saturated carbocycles. The molecule has 0 saturated heterocycles. The number of hydrogen-bond acceptors (Lipinski definition) is 2. The third-order valence-electron chi connectivity index (χ3n) is 3.35. The van der Waals surface area contributed by atoms with Crippen LogP contribution in [0.1, 0.15) is 30.9 Å². The minimum Gasteiger partial charge on any atom is -0.478 e. The predicted octanol–water partition coefficient (Wildman–Crippen LogP) is 3.65. The van der Waals surface area contributed by atoms with Crippen molar-refractivity contribution in [3.63, 3.8) is 0 Å². The molecule has 2 N–H and O–H groups in total. The van der Waals surface area contributed by atoms with E-state index in [-0.39, 0.29) is 11.1 Å². The number of nitrogens with one attached hydrogen (secondary N) is 1. The Kier molecular flexibility index (Phi) is 3.80. The first-order valence-corrected chi connectivity index (χ1v) is 6.27. The molecule has 0 amide bonds. The number of carbonyl (C=O) groups is 1. The lowest BCUT2D eigenvalue weighted by molar-refractivity contribution is -0.139. The molecule has 1 aliphatic rings. The van der Waals surface area contributed by atoms with Gasteiger partial charge in [-0.15, -0.1) is 0 Å². The van der Waals surface area contributed by atoms with Crippen LogP contribution in [-0.2, 0) is 11.0 Å². The lowest BCUT2D eigenvalue weighted by Crippen LogP contribution is -2.25. The van der Waals surface area contributed by atoms with Crippen LogP contribution in [-0.4, -0.2) is 11.1 Å². The molecule has 0 bridgehead atoms. The fraction of sp³-hybridized carbons (Fsp3) is 0.267. The summed E-state index contributed by atoms with van der Waals surface area (Å²) in [7, 11) is 0. The maximum Gasteiger partial charge on any atom is 0.416 e. The SMILES string of the molecule is CC1=CC(c2ccccc2C(F)(F)F)C(C(=O)O)=C(C)N1. The molecule has 1 aromatic carbocycles. The first kappa shape index (κ1) is 15.2. The Labute approximate surface area is 119 Å². The van der Waals surface area contributed by atoms with Crippen molar-refractivity contribution in [1.82, 2.24) is 5.32 Å². The fourth-order valence-electron chi connectivity index (χ4n) is 2.54. The van der Waals surface area contributed by atoms with E-state index in [9.17, 15) is 23.1 Å². The quantitative estimate of drug-likeness (QED) is 0.876. The third-order valence-corrected chi connectivity index (χ3v) is 3.35. The van der Waals surface area contributed by atoms with E-state index in [2.05, 4.69) is 5.32 Å². The number of carboxylic acids is 1. The highest BCUT2D eigenvalue weighted by Crippen LogP contribution is 2.40. The average molecular weight is 297 g/mol. The second-order valence-corrected chi connectivity index (χ2v) is 4.88. The standard InChI is InChI=1S/C15H14F3NO2/c1-8-7-11(13(14(20)21)9(2)19-8)10-5-3-4-6-12(10)15(16,17)18/h3-7,11,19H,1-2H3,(H,20,21). The van der Waals surface area contributed by atoms with Crippen molar-refractivity contribution >= 4 is 5.97 Å². The monoisotopic (exact) mass is 297 g/mol. The van der Waals surface area contributed by atoms with Crippen molar-refractivity contribution < 1.29 is 23.1 Å². The molecule has 21 heavy (non-hydrogen) atoms. The van der Waals surface area contributed by atoms with Crippen LogP contribution >= 0.6 is 0 Å². The van der Waals surface area contributed by atoms with Gasteiger partial charge in [0.25, 0.3) is 0 Å². The first-order valence-electron chi connectivity index (χ1n) is 6.27. The van der Waals surface area contributed by atoms with E-state index in [4.69, 9.17) is 0 Å². The second-order valence-electron chi connectivity index (χ2n) is 4.88. The lowest BCUT2D eigenvalue weighted by atomic mass is 9.84. The van der Waals surface area contributed by atoms with Crippen molar-refractivity contribution in [3.8, 4) is 0 Å². The van der Waals surface area contributed by atoms with Crippen molar-refractivity contribution in [2.75, 3.05) is 0 Å². The summed E-state index contributed by atoms with van der Waals surface area (Å²) in [6.45, 7) is 3.23. The molecule has 3 nitrogen and oxygen atoms in total. The zero-order chi connectivity index (χ0) is 15.8. The van der Waals surface area contributed by atoms with Crippen LogP contribution in [0.15, 0.2) is 47.3 Å². The van der Waals surface area contributed by atoms with Gasteiger partial charge in [-0.1, -0.05) is 24.3 Å². The molecular weight excluding hydrogens is 283 g/mol. The van der Waals surface area contributed by atoms with Crippen LogP contribution in [0.5, 0.6) is 0 Å². The summed E-state index contributed by atoms with van der Waals surface area (Å²) in [4.78, 5) is 11.4. The van der Waals surface area contributed by atoms with E-state index >= 15 is 0 Å². The summed E-state index contributed by atoms with van der Waals surface area (Å²) in [6, 6.07) is 5.06. The van der Waals surface area contributed by atoms with Gasteiger partial charge in [0.2, 0.25) is 0 Å². The Balaban J connectivity index is 2.64.